The zero-order valence-corrected chi connectivity index (χ0v) is 11.8. The van der Waals surface area contributed by atoms with Crippen LogP contribution < -0.4 is 0 Å². The molecule has 0 aliphatic heterocycles. The molecule has 0 bridgehead atoms. The number of rotatable bonds is 1. The molecule has 1 aliphatic rings. The molecule has 0 amide bonds. The predicted molar refractivity (Wildman–Crippen MR) is 76.7 cm³/mol. The highest BCUT2D eigenvalue weighted by Gasteiger charge is 2.36. The molecule has 0 heterocycles. The minimum Gasteiger partial charge on any atom is -0.507 e. The molecule has 0 saturated carbocycles. The lowest BCUT2D eigenvalue weighted by Crippen LogP contribution is -2.31. The Morgan fingerprint density at radius 2 is 1.95 bits per heavy atom. The highest BCUT2D eigenvalue weighted by molar-refractivity contribution is 6.10. The minimum atomic E-state index is -0.888. The number of carbonyl (C=O) groups excluding carboxylic acids is 1. The van der Waals surface area contributed by atoms with Crippen LogP contribution in [0.4, 0.5) is 0 Å². The Morgan fingerprint density at radius 1 is 1.24 bits per heavy atom. The number of phenols is 2. The maximum absolute atomic E-state index is 12.4. The number of hydrogen-bond acceptors (Lipinski definition) is 5. The van der Waals surface area contributed by atoms with Crippen LogP contribution in [0.3, 0.4) is 0 Å². The van der Waals surface area contributed by atoms with Crippen LogP contribution in [0.1, 0.15) is 34.0 Å². The van der Waals surface area contributed by atoms with Gasteiger partial charge in [0.15, 0.2) is 5.78 Å². The topological polar surface area (TPSA) is 87.0 Å². The smallest absolute Gasteiger partial charge is 0.195 e. The van der Waals surface area contributed by atoms with Crippen molar-refractivity contribution in [3.8, 4) is 11.5 Å². The summed E-state index contributed by atoms with van der Waals surface area (Å²) in [5.41, 5.74) is 1.24. The van der Waals surface area contributed by atoms with E-state index in [2.05, 4.69) is 0 Å². The molecule has 5 heteroatoms. The van der Waals surface area contributed by atoms with Crippen LogP contribution in [-0.4, -0.2) is 34.3 Å². The molecule has 2 aromatic rings. The second-order valence-electron chi connectivity index (χ2n) is 5.41. The molecule has 1 aliphatic carbocycles. The van der Waals surface area contributed by atoms with Crippen molar-refractivity contribution in [3.63, 3.8) is 0 Å². The van der Waals surface area contributed by atoms with Crippen molar-refractivity contribution in [2.24, 2.45) is 0 Å². The summed E-state index contributed by atoms with van der Waals surface area (Å²) in [7, 11) is 1.39. The SMILES string of the molecule is COC1CC(O)c2cc3cc(C)cc(O)c3c(O)c2C1=O. The molecule has 0 fully saturated rings. The number of ether oxygens (including phenoxy) is 1. The quantitative estimate of drug-likeness (QED) is 0.748. The molecule has 21 heavy (non-hydrogen) atoms. The molecular formula is C16H16O5. The van der Waals surface area contributed by atoms with Crippen molar-refractivity contribution in [1.29, 1.82) is 0 Å². The summed E-state index contributed by atoms with van der Waals surface area (Å²) in [4.78, 5) is 12.4. The first kappa shape index (κ1) is 13.9. The van der Waals surface area contributed by atoms with Crippen LogP contribution in [-0.2, 0) is 4.74 Å². The first-order chi connectivity index (χ1) is 9.93. The Balaban J connectivity index is 2.37. The summed E-state index contributed by atoms with van der Waals surface area (Å²) in [6, 6.07) is 4.95. The van der Waals surface area contributed by atoms with Gasteiger partial charge in [0.05, 0.1) is 17.1 Å². The normalized spacial score (nSPS) is 21.6. The molecule has 0 radical (unpaired) electrons. The van der Waals surface area contributed by atoms with Crippen LogP contribution in [0.15, 0.2) is 18.2 Å². The molecule has 110 valence electrons. The van der Waals surface area contributed by atoms with Crippen LogP contribution in [0.25, 0.3) is 10.8 Å². The zero-order chi connectivity index (χ0) is 15.3. The highest BCUT2D eigenvalue weighted by atomic mass is 16.5. The first-order valence-corrected chi connectivity index (χ1v) is 6.68. The molecule has 5 nitrogen and oxygen atoms in total. The largest absolute Gasteiger partial charge is 0.507 e. The minimum absolute atomic E-state index is 0.0345. The van der Waals surface area contributed by atoms with Gasteiger partial charge in [-0.1, -0.05) is 6.07 Å². The number of methoxy groups -OCH3 is 1. The third-order valence-corrected chi connectivity index (χ3v) is 3.99. The van der Waals surface area contributed by atoms with Gasteiger partial charge < -0.3 is 20.1 Å². The van der Waals surface area contributed by atoms with Gasteiger partial charge in [0.2, 0.25) is 0 Å². The van der Waals surface area contributed by atoms with E-state index in [0.717, 1.165) is 5.56 Å². The van der Waals surface area contributed by atoms with Gasteiger partial charge in [-0.3, -0.25) is 4.79 Å². The fourth-order valence-electron chi connectivity index (χ4n) is 2.99. The van der Waals surface area contributed by atoms with E-state index >= 15 is 0 Å². The summed E-state index contributed by atoms with van der Waals surface area (Å²) >= 11 is 0. The number of benzene rings is 2. The van der Waals surface area contributed by atoms with Crippen molar-refractivity contribution in [2.45, 2.75) is 25.6 Å². The fraction of sp³-hybridized carbons (Fsp3) is 0.312. The lowest BCUT2D eigenvalue weighted by Gasteiger charge is -2.27. The van der Waals surface area contributed by atoms with Gasteiger partial charge in [0.1, 0.15) is 17.6 Å². The molecule has 2 aromatic carbocycles. The van der Waals surface area contributed by atoms with Gasteiger partial charge in [-0.15, -0.1) is 0 Å². The summed E-state index contributed by atoms with van der Waals surface area (Å²) in [5, 5.41) is 31.5. The molecule has 2 unspecified atom stereocenters. The summed E-state index contributed by atoms with van der Waals surface area (Å²) < 4.78 is 5.06. The molecule has 3 N–H and O–H groups in total. The third-order valence-electron chi connectivity index (χ3n) is 3.99. The van der Waals surface area contributed by atoms with Gasteiger partial charge in [0.25, 0.3) is 0 Å². The second-order valence-corrected chi connectivity index (χ2v) is 5.41. The van der Waals surface area contributed by atoms with Gasteiger partial charge in [-0.25, -0.2) is 0 Å². The number of hydrogen-bond donors (Lipinski definition) is 3. The highest BCUT2D eigenvalue weighted by Crippen LogP contribution is 2.43. The predicted octanol–water partition coefficient (Wildman–Crippen LogP) is 2.19. The third kappa shape index (κ3) is 1.97. The number of Topliss-reactive ketones (excluding diaryl/α,β-unsaturated/α-hetero) is 1. The lowest BCUT2D eigenvalue weighted by molar-refractivity contribution is 0.0298. The van der Waals surface area contributed by atoms with E-state index in [1.807, 2.05) is 6.92 Å². The van der Waals surface area contributed by atoms with Crippen LogP contribution in [0, 0.1) is 6.92 Å². The number of aromatic hydroxyl groups is 2. The number of aliphatic hydroxyl groups is 1. The van der Waals surface area contributed by atoms with Gasteiger partial charge in [-0.2, -0.15) is 0 Å². The fourth-order valence-corrected chi connectivity index (χ4v) is 2.99. The second kappa shape index (κ2) is 4.72. The molecule has 0 spiro atoms. The first-order valence-electron chi connectivity index (χ1n) is 6.68. The maximum atomic E-state index is 12.4. The zero-order valence-electron chi connectivity index (χ0n) is 11.8. The standard InChI is InChI=1S/C16H16O5/c1-7-3-8-5-9-10(17)6-12(21-2)15(19)14(9)16(20)13(8)11(18)4-7/h3-5,10,12,17-18,20H,6H2,1-2H3. The van der Waals surface area contributed by atoms with E-state index in [9.17, 15) is 20.1 Å². The van der Waals surface area contributed by atoms with E-state index < -0.39 is 12.2 Å². The van der Waals surface area contributed by atoms with E-state index in [4.69, 9.17) is 4.74 Å². The van der Waals surface area contributed by atoms with Crippen molar-refractivity contribution < 1.29 is 24.9 Å². The Kier molecular flexibility index (Phi) is 3.11. The van der Waals surface area contributed by atoms with Crippen molar-refractivity contribution in [1.82, 2.24) is 0 Å². The van der Waals surface area contributed by atoms with E-state index in [0.29, 0.717) is 10.9 Å². The Hall–Kier alpha value is -2.11. The molecule has 3 rings (SSSR count). The van der Waals surface area contributed by atoms with Crippen molar-refractivity contribution in [2.75, 3.05) is 7.11 Å². The number of phenolic OH excluding ortho intramolecular Hbond substituents is 2. The number of carbonyl (C=O) groups is 1. The maximum Gasteiger partial charge on any atom is 0.195 e. The number of aliphatic hydroxyl groups excluding tert-OH is 1. The average Bonchev–Trinajstić information content (AvgIpc) is 2.41. The van der Waals surface area contributed by atoms with E-state index in [1.54, 1.807) is 12.1 Å². The number of ketones is 1. The van der Waals surface area contributed by atoms with Crippen LogP contribution in [0.2, 0.25) is 0 Å². The monoisotopic (exact) mass is 288 g/mol. The lowest BCUT2D eigenvalue weighted by atomic mass is 9.83. The molecule has 0 saturated heterocycles. The number of fused-ring (bicyclic) bond motifs is 2. The van der Waals surface area contributed by atoms with E-state index in [-0.39, 0.29) is 34.7 Å². The van der Waals surface area contributed by atoms with Crippen molar-refractivity contribution >= 4 is 16.6 Å². The average molecular weight is 288 g/mol. The summed E-state index contributed by atoms with van der Waals surface area (Å²) in [6.45, 7) is 1.82. The van der Waals surface area contributed by atoms with Crippen LogP contribution >= 0.6 is 0 Å². The molecule has 0 aromatic heterocycles. The van der Waals surface area contributed by atoms with Gasteiger partial charge in [0, 0.05) is 13.5 Å². The summed E-state index contributed by atoms with van der Waals surface area (Å²) in [6.07, 6.45) is -1.52. The summed E-state index contributed by atoms with van der Waals surface area (Å²) in [5.74, 6) is -0.768. The van der Waals surface area contributed by atoms with E-state index in [1.165, 1.54) is 13.2 Å². The number of aryl methyl sites for hydroxylation is 1. The van der Waals surface area contributed by atoms with Crippen molar-refractivity contribution in [3.05, 3.63) is 34.9 Å². The van der Waals surface area contributed by atoms with Gasteiger partial charge >= 0.3 is 0 Å². The Bertz CT molecular complexity index is 750. The Morgan fingerprint density at radius 3 is 2.62 bits per heavy atom. The van der Waals surface area contributed by atoms with Crippen LogP contribution in [0.5, 0.6) is 11.5 Å². The molecular weight excluding hydrogens is 272 g/mol. The molecule has 2 atom stereocenters. The Labute approximate surface area is 121 Å². The van der Waals surface area contributed by atoms with Gasteiger partial charge in [-0.05, 0) is 35.6 Å².